The second-order valence-electron chi connectivity index (χ2n) is 7.15. The van der Waals surface area contributed by atoms with E-state index >= 15 is 0 Å². The topological polar surface area (TPSA) is 97.6 Å². The van der Waals surface area contributed by atoms with Gasteiger partial charge in [0.15, 0.2) is 29.8 Å². The third-order valence-corrected chi connectivity index (χ3v) is 10.2. The van der Waals surface area contributed by atoms with Gasteiger partial charge in [-0.25, -0.2) is 16.8 Å². The molecule has 0 unspecified atom stereocenters. The minimum Gasteiger partial charge on any atom is -0.423 e. The van der Waals surface area contributed by atoms with E-state index in [1.807, 2.05) is 6.07 Å². The van der Waals surface area contributed by atoms with Gasteiger partial charge in [-0.2, -0.15) is 4.98 Å². The summed E-state index contributed by atoms with van der Waals surface area (Å²) in [5, 5.41) is 0. The number of aromatic nitrogens is 1. The summed E-state index contributed by atoms with van der Waals surface area (Å²) < 4.78 is 58.2. The average Bonchev–Trinajstić information content (AvgIpc) is 3.24. The van der Waals surface area contributed by atoms with Crippen molar-refractivity contribution in [2.45, 2.75) is 21.3 Å². The van der Waals surface area contributed by atoms with Crippen molar-refractivity contribution in [2.24, 2.45) is 0 Å². The first-order chi connectivity index (χ1) is 15.3. The molecule has 1 aromatic heterocycles. The van der Waals surface area contributed by atoms with Crippen LogP contribution in [0.25, 0.3) is 11.1 Å². The minimum atomic E-state index is -4.25. The molecule has 32 heavy (non-hydrogen) atoms. The molecule has 0 bridgehead atoms. The van der Waals surface area contributed by atoms with Crippen LogP contribution in [0.5, 0.6) is 0 Å². The van der Waals surface area contributed by atoms with E-state index < -0.39 is 24.3 Å². The second-order valence-corrected chi connectivity index (χ2v) is 11.7. The number of hydrogen-bond donors (Lipinski definition) is 0. The molecule has 0 saturated carbocycles. The fraction of sp³-hybridized carbons (Fsp3) is 0.174. The van der Waals surface area contributed by atoms with E-state index in [1.54, 1.807) is 61.5 Å². The lowest BCUT2D eigenvalue weighted by atomic mass is 10.3. The van der Waals surface area contributed by atoms with E-state index in [4.69, 9.17) is 4.42 Å². The lowest BCUT2D eigenvalue weighted by Gasteiger charge is -2.25. The van der Waals surface area contributed by atoms with Gasteiger partial charge in [0.05, 0.1) is 16.3 Å². The third-order valence-electron chi connectivity index (χ3n) is 5.14. The Morgan fingerprint density at radius 2 is 1.28 bits per heavy atom. The van der Waals surface area contributed by atoms with Crippen LogP contribution in [0.4, 0.5) is 6.01 Å². The van der Waals surface area contributed by atoms with Crippen molar-refractivity contribution in [3.63, 3.8) is 0 Å². The first-order valence-corrected chi connectivity index (χ1v) is 13.1. The molecule has 166 valence electrons. The molecule has 0 atom stereocenters. The molecule has 7 nitrogen and oxygen atoms in total. The summed E-state index contributed by atoms with van der Waals surface area (Å²) in [5.74, 6) is 0. The number of benzene rings is 3. The summed E-state index contributed by atoms with van der Waals surface area (Å²) in [5.41, 5.74) is 1.14. The summed E-state index contributed by atoms with van der Waals surface area (Å²) in [7, 11) is -8.50. The van der Waals surface area contributed by atoms with Crippen LogP contribution in [0.15, 0.2) is 99.1 Å². The highest BCUT2D eigenvalue weighted by molar-refractivity contribution is 8.09. The van der Waals surface area contributed by atoms with Crippen LogP contribution in [0.2, 0.25) is 0 Å². The van der Waals surface area contributed by atoms with Crippen LogP contribution >= 0.6 is 0 Å². The Bertz CT molecular complexity index is 1310. The number of hydrogen-bond acceptors (Lipinski definition) is 7. The molecule has 0 aliphatic rings. The van der Waals surface area contributed by atoms with Gasteiger partial charge in [0.2, 0.25) is 0 Å². The Morgan fingerprint density at radius 3 is 1.78 bits per heavy atom. The normalized spacial score (nSPS) is 12.3. The zero-order valence-corrected chi connectivity index (χ0v) is 19.0. The lowest BCUT2D eigenvalue weighted by molar-refractivity contribution is 0.554. The van der Waals surface area contributed by atoms with Gasteiger partial charge < -0.3 is 9.32 Å². The maximum Gasteiger partial charge on any atom is 0.298 e. The van der Waals surface area contributed by atoms with Crippen molar-refractivity contribution >= 4 is 36.8 Å². The fourth-order valence-electron chi connectivity index (χ4n) is 3.40. The van der Waals surface area contributed by atoms with Crippen LogP contribution in [0.1, 0.15) is 6.92 Å². The van der Waals surface area contributed by atoms with Crippen LogP contribution < -0.4 is 4.90 Å². The summed E-state index contributed by atoms with van der Waals surface area (Å²) >= 11 is 0. The Hall–Kier alpha value is -3.17. The van der Waals surface area contributed by atoms with E-state index in [-0.39, 0.29) is 22.4 Å². The Balaban J connectivity index is 1.81. The number of rotatable bonds is 8. The van der Waals surface area contributed by atoms with E-state index in [2.05, 4.69) is 4.98 Å². The molecule has 0 amide bonds. The molecule has 4 rings (SSSR count). The molecule has 3 aromatic carbocycles. The van der Waals surface area contributed by atoms with Gasteiger partial charge in [0.25, 0.3) is 6.01 Å². The number of sulfone groups is 2. The Morgan fingerprint density at radius 1 is 0.781 bits per heavy atom. The standard InChI is InChI=1S/C23H22N2O5S2/c1-2-25(23-24-20-15-9-10-16-21(20)30-23)17-22(31(26,27)18-11-5-3-6-12-18)32(28,29)19-13-7-4-8-14-19/h3-16,22H,2,17H2,1H3. The lowest BCUT2D eigenvalue weighted by Crippen LogP contribution is -2.42. The molecule has 0 aliphatic heterocycles. The number of anilines is 1. The molecule has 0 saturated heterocycles. The van der Waals surface area contributed by atoms with E-state index in [1.165, 1.54) is 29.2 Å². The predicted molar refractivity (Wildman–Crippen MR) is 123 cm³/mol. The van der Waals surface area contributed by atoms with Crippen LogP contribution in [0, 0.1) is 0 Å². The van der Waals surface area contributed by atoms with Gasteiger partial charge in [-0.1, -0.05) is 48.5 Å². The maximum absolute atomic E-state index is 13.6. The highest BCUT2D eigenvalue weighted by Gasteiger charge is 2.41. The molecule has 9 heteroatoms. The predicted octanol–water partition coefficient (Wildman–Crippen LogP) is 3.93. The monoisotopic (exact) mass is 470 g/mol. The molecule has 0 N–H and O–H groups in total. The van der Waals surface area contributed by atoms with Crippen molar-refractivity contribution in [3.8, 4) is 0 Å². The van der Waals surface area contributed by atoms with E-state index in [9.17, 15) is 16.8 Å². The molecule has 0 spiro atoms. The van der Waals surface area contributed by atoms with Gasteiger partial charge in [-0.3, -0.25) is 0 Å². The Labute approximate surface area is 187 Å². The molecule has 0 fully saturated rings. The summed E-state index contributed by atoms with van der Waals surface area (Å²) in [6.45, 7) is 1.76. The molecule has 0 radical (unpaired) electrons. The van der Waals surface area contributed by atoms with Gasteiger partial charge >= 0.3 is 0 Å². The quantitative estimate of drug-likeness (QED) is 0.385. The highest BCUT2D eigenvalue weighted by Crippen LogP contribution is 2.29. The van der Waals surface area contributed by atoms with Crippen LogP contribution in [-0.2, 0) is 19.7 Å². The van der Waals surface area contributed by atoms with E-state index in [0.717, 1.165) is 0 Å². The highest BCUT2D eigenvalue weighted by atomic mass is 32.3. The zero-order chi connectivity index (χ0) is 22.8. The van der Waals surface area contributed by atoms with Crippen molar-refractivity contribution in [3.05, 3.63) is 84.9 Å². The smallest absolute Gasteiger partial charge is 0.298 e. The second kappa shape index (κ2) is 8.76. The summed E-state index contributed by atoms with van der Waals surface area (Å²) in [6, 6.07) is 22.5. The van der Waals surface area contributed by atoms with Crippen molar-refractivity contribution in [1.29, 1.82) is 0 Å². The Kier molecular flexibility index (Phi) is 6.03. The van der Waals surface area contributed by atoms with Crippen LogP contribution in [-0.4, -0.2) is 39.5 Å². The number of oxazole rings is 1. The zero-order valence-electron chi connectivity index (χ0n) is 17.3. The molecular formula is C23H22N2O5S2. The minimum absolute atomic E-state index is 0.0573. The number of nitrogens with zero attached hydrogens (tertiary/aromatic N) is 2. The first kappa shape index (κ1) is 22.0. The third kappa shape index (κ3) is 4.13. The van der Waals surface area contributed by atoms with Crippen molar-refractivity contribution < 1.29 is 21.3 Å². The van der Waals surface area contributed by atoms with Crippen molar-refractivity contribution in [2.75, 3.05) is 18.0 Å². The van der Waals surface area contributed by atoms with Gasteiger partial charge in [-0.15, -0.1) is 0 Å². The van der Waals surface area contributed by atoms with Crippen molar-refractivity contribution in [1.82, 2.24) is 4.98 Å². The maximum atomic E-state index is 13.6. The summed E-state index contributed by atoms with van der Waals surface area (Å²) in [4.78, 5) is 5.83. The average molecular weight is 471 g/mol. The largest absolute Gasteiger partial charge is 0.423 e. The fourth-order valence-corrected chi connectivity index (χ4v) is 7.84. The first-order valence-electron chi connectivity index (χ1n) is 10.0. The van der Waals surface area contributed by atoms with Gasteiger partial charge in [0, 0.05) is 6.54 Å². The molecule has 1 heterocycles. The molecule has 4 aromatic rings. The van der Waals surface area contributed by atoms with Crippen LogP contribution in [0.3, 0.4) is 0 Å². The molecule has 0 aliphatic carbocycles. The van der Waals surface area contributed by atoms with E-state index in [0.29, 0.717) is 17.6 Å². The van der Waals surface area contributed by atoms with Gasteiger partial charge in [-0.05, 0) is 43.3 Å². The van der Waals surface area contributed by atoms with Gasteiger partial charge in [0.1, 0.15) is 5.52 Å². The molecular weight excluding hydrogens is 448 g/mol. The number of fused-ring (bicyclic) bond motifs is 1. The summed E-state index contributed by atoms with van der Waals surface area (Å²) in [6.07, 6.45) is 0. The number of para-hydroxylation sites is 2. The SMILES string of the molecule is CCN(CC(S(=O)(=O)c1ccccc1)S(=O)(=O)c1ccccc1)c1nc2ccccc2o1.